The molecule has 4 aromatic rings. The lowest BCUT2D eigenvalue weighted by Crippen LogP contribution is -2.26. The summed E-state index contributed by atoms with van der Waals surface area (Å²) in [6, 6.07) is 11.0. The van der Waals surface area contributed by atoms with Gasteiger partial charge in [0.05, 0.1) is 18.5 Å². The summed E-state index contributed by atoms with van der Waals surface area (Å²) in [4.78, 5) is 23.2. The van der Waals surface area contributed by atoms with Crippen molar-refractivity contribution in [2.45, 2.75) is 24.9 Å². The molecule has 4 rings (SSSR count). The van der Waals surface area contributed by atoms with Crippen molar-refractivity contribution in [2.75, 3.05) is 7.11 Å². The lowest BCUT2D eigenvalue weighted by atomic mass is 9.82. The molecule has 2 atom stereocenters. The summed E-state index contributed by atoms with van der Waals surface area (Å²) in [5.41, 5.74) is 0.657. The lowest BCUT2D eigenvalue weighted by molar-refractivity contribution is -0.154. The first-order valence-corrected chi connectivity index (χ1v) is 10.9. The van der Waals surface area contributed by atoms with Gasteiger partial charge in [0, 0.05) is 18.1 Å². The number of halogens is 4. The van der Waals surface area contributed by atoms with Crippen LogP contribution in [-0.4, -0.2) is 34.0 Å². The molecule has 2 aromatic heterocycles. The van der Waals surface area contributed by atoms with E-state index in [4.69, 9.17) is 20.8 Å². The number of hydrogen-bond donors (Lipinski definition) is 0. The first kappa shape index (κ1) is 25.2. The van der Waals surface area contributed by atoms with Gasteiger partial charge in [-0.05, 0) is 47.4 Å². The number of rotatable bonds is 6. The van der Waals surface area contributed by atoms with Gasteiger partial charge in [-0.25, -0.2) is 9.59 Å². The Kier molecular flexibility index (Phi) is 6.77. The number of fused-ring (bicyclic) bond motifs is 1. The van der Waals surface area contributed by atoms with E-state index >= 15 is 0 Å². The highest BCUT2D eigenvalue weighted by atomic mass is 35.5. The molecule has 36 heavy (non-hydrogen) atoms. The fourth-order valence-electron chi connectivity index (χ4n) is 3.93. The van der Waals surface area contributed by atoms with Crippen LogP contribution in [-0.2, 0) is 11.8 Å². The van der Waals surface area contributed by atoms with Crippen molar-refractivity contribution in [3.05, 3.63) is 80.9 Å². The van der Waals surface area contributed by atoms with Crippen LogP contribution in [0.25, 0.3) is 11.1 Å². The Morgan fingerprint density at radius 1 is 1.11 bits per heavy atom. The van der Waals surface area contributed by atoms with Crippen molar-refractivity contribution in [3.8, 4) is 11.6 Å². The molecule has 0 aliphatic rings. The Balaban J connectivity index is 1.63. The fourth-order valence-corrected chi connectivity index (χ4v) is 4.27. The van der Waals surface area contributed by atoms with Gasteiger partial charge in [-0.2, -0.15) is 13.2 Å². The first-order chi connectivity index (χ1) is 17.0. The van der Waals surface area contributed by atoms with Gasteiger partial charge < -0.3 is 13.9 Å². The normalized spacial score (nSPS) is 13.4. The van der Waals surface area contributed by atoms with Crippen LogP contribution in [0.15, 0.2) is 57.7 Å². The van der Waals surface area contributed by atoms with Crippen LogP contribution in [0, 0.1) is 0 Å². The molecule has 0 radical (unpaired) electrons. The number of carbonyl (C=O) groups is 1. The minimum atomic E-state index is -4.61. The smallest absolute Gasteiger partial charge is 0.419 e. The molecule has 0 aliphatic heterocycles. The van der Waals surface area contributed by atoms with E-state index in [9.17, 15) is 22.8 Å². The highest BCUT2D eigenvalue weighted by Gasteiger charge is 2.45. The largest absolute Gasteiger partial charge is 0.464 e. The zero-order chi connectivity index (χ0) is 26.2. The number of aryl methyl sites for hydroxylation is 1. The Hall–Kier alpha value is -3.86. The third kappa shape index (κ3) is 4.92. The predicted octanol–water partition coefficient (Wildman–Crippen LogP) is 5.60. The van der Waals surface area contributed by atoms with Crippen LogP contribution in [0.5, 0.6) is 11.6 Å². The fraction of sp³-hybridized carbons (Fsp3) is 0.250. The molecule has 0 spiro atoms. The van der Waals surface area contributed by atoms with Crippen LogP contribution < -0.4 is 10.5 Å². The van der Waals surface area contributed by atoms with E-state index in [1.807, 2.05) is 0 Å². The molecule has 0 amide bonds. The van der Waals surface area contributed by atoms with E-state index in [0.717, 1.165) is 4.57 Å². The minimum Gasteiger partial charge on any atom is -0.464 e. The van der Waals surface area contributed by atoms with Crippen molar-refractivity contribution in [1.29, 1.82) is 0 Å². The number of esters is 1. The topological polar surface area (TPSA) is 96.5 Å². The summed E-state index contributed by atoms with van der Waals surface area (Å²) in [7, 11) is 2.63. The maximum absolute atomic E-state index is 14.3. The standard InChI is InChI=1S/C24H19ClF3N3O5/c1-12(21(24(26,27)28)13-4-8-19-18(10-13)31(2)23(33)36-19)15-6-5-14(11-16(15)25)35-20-9-7-17(29-30-20)22(32)34-3/h4-12,21H,1-3H3. The molecule has 0 saturated heterocycles. The number of ether oxygens (including phenoxy) is 2. The van der Waals surface area contributed by atoms with Gasteiger partial charge >= 0.3 is 17.9 Å². The van der Waals surface area contributed by atoms with Crippen molar-refractivity contribution in [2.24, 2.45) is 7.05 Å². The molecule has 0 aliphatic carbocycles. The van der Waals surface area contributed by atoms with Gasteiger partial charge in [-0.15, -0.1) is 10.2 Å². The Labute approximate surface area is 207 Å². The van der Waals surface area contributed by atoms with Crippen molar-refractivity contribution in [1.82, 2.24) is 14.8 Å². The van der Waals surface area contributed by atoms with Crippen LogP contribution in [0.1, 0.15) is 40.4 Å². The van der Waals surface area contributed by atoms with E-state index < -0.39 is 29.7 Å². The second-order valence-electron chi connectivity index (χ2n) is 8.00. The molecular formula is C24H19ClF3N3O5. The van der Waals surface area contributed by atoms with E-state index in [1.54, 1.807) is 0 Å². The highest BCUT2D eigenvalue weighted by molar-refractivity contribution is 6.31. The van der Waals surface area contributed by atoms with Gasteiger partial charge in [-0.3, -0.25) is 4.57 Å². The zero-order valence-corrected chi connectivity index (χ0v) is 19.9. The monoisotopic (exact) mass is 521 g/mol. The van der Waals surface area contributed by atoms with E-state index in [2.05, 4.69) is 14.9 Å². The summed E-state index contributed by atoms with van der Waals surface area (Å²) in [6.07, 6.45) is -4.61. The molecule has 0 saturated carbocycles. The van der Waals surface area contributed by atoms with Gasteiger partial charge in [0.25, 0.3) is 0 Å². The van der Waals surface area contributed by atoms with Crippen LogP contribution >= 0.6 is 11.6 Å². The summed E-state index contributed by atoms with van der Waals surface area (Å²) in [5.74, 6) is -4.05. The van der Waals surface area contributed by atoms with Crippen LogP contribution in [0.4, 0.5) is 13.2 Å². The molecule has 188 valence electrons. The average Bonchev–Trinajstić information content (AvgIpc) is 3.11. The number of hydrogen-bond acceptors (Lipinski definition) is 7. The number of benzene rings is 2. The van der Waals surface area contributed by atoms with Crippen LogP contribution in [0.3, 0.4) is 0 Å². The molecule has 2 heterocycles. The SMILES string of the molecule is COC(=O)c1ccc(Oc2ccc(C(C)C(c3ccc4oc(=O)n(C)c4c3)C(F)(F)F)c(Cl)c2)nn1. The van der Waals surface area contributed by atoms with E-state index in [1.165, 1.54) is 69.6 Å². The van der Waals surface area contributed by atoms with E-state index in [0.29, 0.717) is 0 Å². The predicted molar refractivity (Wildman–Crippen MR) is 124 cm³/mol. The number of alkyl halides is 3. The van der Waals surface area contributed by atoms with Crippen molar-refractivity contribution < 1.29 is 31.9 Å². The summed E-state index contributed by atoms with van der Waals surface area (Å²) in [5, 5.41) is 7.52. The lowest BCUT2D eigenvalue weighted by Gasteiger charge is -2.28. The third-order valence-corrected chi connectivity index (χ3v) is 6.07. The molecule has 0 bridgehead atoms. The molecule has 0 fully saturated rings. The van der Waals surface area contributed by atoms with Crippen molar-refractivity contribution in [3.63, 3.8) is 0 Å². The maximum atomic E-state index is 14.3. The third-order valence-electron chi connectivity index (χ3n) is 5.75. The summed E-state index contributed by atoms with van der Waals surface area (Å²) >= 11 is 6.38. The highest BCUT2D eigenvalue weighted by Crippen LogP contribution is 2.47. The summed E-state index contributed by atoms with van der Waals surface area (Å²) < 4.78 is 59.0. The second-order valence-corrected chi connectivity index (χ2v) is 8.40. The van der Waals surface area contributed by atoms with Crippen LogP contribution in [0.2, 0.25) is 5.02 Å². The Morgan fingerprint density at radius 3 is 2.47 bits per heavy atom. The van der Waals surface area contributed by atoms with Gasteiger partial charge in [-0.1, -0.05) is 30.7 Å². The zero-order valence-electron chi connectivity index (χ0n) is 19.2. The molecular weight excluding hydrogens is 503 g/mol. The number of oxazole rings is 1. The van der Waals surface area contributed by atoms with E-state index in [-0.39, 0.29) is 44.6 Å². The first-order valence-electron chi connectivity index (χ1n) is 10.5. The van der Waals surface area contributed by atoms with Gasteiger partial charge in [0.2, 0.25) is 5.88 Å². The van der Waals surface area contributed by atoms with Crippen molar-refractivity contribution >= 4 is 28.7 Å². The number of methoxy groups -OCH3 is 1. The Bertz CT molecular complexity index is 1480. The number of aromatic nitrogens is 3. The van der Waals surface area contributed by atoms with Gasteiger partial charge in [0.15, 0.2) is 11.3 Å². The molecule has 2 unspecified atom stereocenters. The maximum Gasteiger partial charge on any atom is 0.419 e. The second kappa shape index (κ2) is 9.65. The average molecular weight is 522 g/mol. The Morgan fingerprint density at radius 2 is 1.86 bits per heavy atom. The molecule has 12 heteroatoms. The minimum absolute atomic E-state index is 0.0149. The van der Waals surface area contributed by atoms with Gasteiger partial charge in [0.1, 0.15) is 5.75 Å². The number of carbonyl (C=O) groups excluding carboxylic acids is 1. The molecule has 0 N–H and O–H groups in total. The molecule has 8 nitrogen and oxygen atoms in total. The number of nitrogens with zero attached hydrogens (tertiary/aromatic N) is 3. The molecule has 2 aromatic carbocycles. The quantitative estimate of drug-likeness (QED) is 0.304. The summed E-state index contributed by atoms with van der Waals surface area (Å²) in [6.45, 7) is 1.43.